The minimum absolute atomic E-state index is 0.0428. The molecule has 0 unspecified atom stereocenters. The van der Waals surface area contributed by atoms with E-state index in [4.69, 9.17) is 0 Å². The Labute approximate surface area is 135 Å². The third-order valence-corrected chi connectivity index (χ3v) is 4.07. The van der Waals surface area contributed by atoms with E-state index in [1.807, 2.05) is 26.1 Å². The number of rotatable bonds is 3. The van der Waals surface area contributed by atoms with Crippen LogP contribution in [0, 0.1) is 5.82 Å². The van der Waals surface area contributed by atoms with Gasteiger partial charge in [0.25, 0.3) is 5.91 Å². The maximum Gasteiger partial charge on any atom is 0.274 e. The number of aromatic nitrogens is 2. The summed E-state index contributed by atoms with van der Waals surface area (Å²) in [6, 6.07) is 8.49. The Kier molecular flexibility index (Phi) is 4.28. The van der Waals surface area contributed by atoms with Gasteiger partial charge in [0.05, 0.1) is 0 Å². The van der Waals surface area contributed by atoms with E-state index in [-0.39, 0.29) is 17.8 Å². The van der Waals surface area contributed by atoms with Gasteiger partial charge in [0.2, 0.25) is 0 Å². The van der Waals surface area contributed by atoms with Crippen molar-refractivity contribution in [2.24, 2.45) is 0 Å². The first-order chi connectivity index (χ1) is 11.0. The van der Waals surface area contributed by atoms with Crippen molar-refractivity contribution in [2.75, 3.05) is 13.1 Å². The highest BCUT2D eigenvalue weighted by Crippen LogP contribution is 2.23. The summed E-state index contributed by atoms with van der Waals surface area (Å²) < 4.78 is 14.8. The predicted octanol–water partition coefficient (Wildman–Crippen LogP) is 3.53. The van der Waals surface area contributed by atoms with Gasteiger partial charge in [0.15, 0.2) is 0 Å². The number of nitrogens with zero attached hydrogens (tertiary/aromatic N) is 3. The Morgan fingerprint density at radius 2 is 1.96 bits per heavy atom. The van der Waals surface area contributed by atoms with Gasteiger partial charge in [-0.3, -0.25) is 9.48 Å². The first kappa shape index (κ1) is 15.5. The van der Waals surface area contributed by atoms with Crippen molar-refractivity contribution in [2.45, 2.75) is 26.3 Å². The maximum absolute atomic E-state index is 13.0. The van der Waals surface area contributed by atoms with Crippen LogP contribution in [0.5, 0.6) is 0 Å². The van der Waals surface area contributed by atoms with Crippen LogP contribution in [-0.4, -0.2) is 33.7 Å². The average Bonchev–Trinajstić information content (AvgIpc) is 3.05. The summed E-state index contributed by atoms with van der Waals surface area (Å²) in [5, 5.41) is 4.33. The van der Waals surface area contributed by atoms with Crippen LogP contribution in [0.1, 0.15) is 42.4 Å². The SMILES string of the molecule is CC(C)n1ccc(C(=O)N2CC=C(c3ccc(F)cc3)CC2)n1. The summed E-state index contributed by atoms with van der Waals surface area (Å²) in [6.45, 7) is 5.26. The van der Waals surface area contributed by atoms with Crippen LogP contribution in [0.3, 0.4) is 0 Å². The van der Waals surface area contributed by atoms with Crippen molar-refractivity contribution in [3.8, 4) is 0 Å². The number of carbonyl (C=O) groups excluding carboxylic acids is 1. The van der Waals surface area contributed by atoms with Gasteiger partial charge in [0.1, 0.15) is 11.5 Å². The van der Waals surface area contributed by atoms with Gasteiger partial charge in [-0.1, -0.05) is 18.2 Å². The van der Waals surface area contributed by atoms with Gasteiger partial charge in [-0.2, -0.15) is 5.10 Å². The molecule has 4 nitrogen and oxygen atoms in total. The largest absolute Gasteiger partial charge is 0.333 e. The molecule has 0 saturated carbocycles. The van der Waals surface area contributed by atoms with Gasteiger partial charge >= 0.3 is 0 Å². The minimum Gasteiger partial charge on any atom is -0.333 e. The van der Waals surface area contributed by atoms with Gasteiger partial charge in [-0.25, -0.2) is 4.39 Å². The van der Waals surface area contributed by atoms with Crippen LogP contribution in [0.4, 0.5) is 4.39 Å². The molecule has 1 amide bonds. The highest BCUT2D eigenvalue weighted by atomic mass is 19.1. The second kappa shape index (κ2) is 6.36. The molecule has 0 fully saturated rings. The standard InChI is InChI=1S/C18H20FN3O/c1-13(2)22-12-9-17(20-22)18(23)21-10-7-15(8-11-21)14-3-5-16(19)6-4-14/h3-7,9,12-13H,8,10-11H2,1-2H3. The molecule has 120 valence electrons. The van der Waals surface area contributed by atoms with Gasteiger partial charge in [-0.15, -0.1) is 0 Å². The van der Waals surface area contributed by atoms with E-state index in [0.29, 0.717) is 18.8 Å². The van der Waals surface area contributed by atoms with E-state index in [1.54, 1.807) is 27.8 Å². The average molecular weight is 313 g/mol. The third kappa shape index (κ3) is 3.33. The molecule has 1 aromatic carbocycles. The van der Waals surface area contributed by atoms with E-state index in [0.717, 1.165) is 17.6 Å². The molecule has 3 rings (SSSR count). The van der Waals surface area contributed by atoms with Crippen molar-refractivity contribution in [3.05, 3.63) is 59.7 Å². The van der Waals surface area contributed by atoms with Crippen molar-refractivity contribution >= 4 is 11.5 Å². The molecule has 2 heterocycles. The summed E-state index contributed by atoms with van der Waals surface area (Å²) in [4.78, 5) is 14.3. The second-order valence-corrected chi connectivity index (χ2v) is 6.01. The zero-order valence-electron chi connectivity index (χ0n) is 13.4. The van der Waals surface area contributed by atoms with Crippen LogP contribution in [0.15, 0.2) is 42.6 Å². The van der Waals surface area contributed by atoms with Crippen molar-refractivity contribution < 1.29 is 9.18 Å². The lowest BCUT2D eigenvalue weighted by Crippen LogP contribution is -2.35. The first-order valence-electron chi connectivity index (χ1n) is 7.84. The molecule has 1 aliphatic heterocycles. The molecule has 1 aromatic heterocycles. The van der Waals surface area contributed by atoms with E-state index in [2.05, 4.69) is 5.10 Å². The Bertz CT molecular complexity index is 731. The number of halogens is 1. The molecule has 2 aromatic rings. The molecule has 0 aliphatic carbocycles. The molecule has 1 aliphatic rings. The topological polar surface area (TPSA) is 38.1 Å². The predicted molar refractivity (Wildman–Crippen MR) is 87.5 cm³/mol. The van der Waals surface area contributed by atoms with Gasteiger partial charge < -0.3 is 4.90 Å². The van der Waals surface area contributed by atoms with Crippen LogP contribution in [0.25, 0.3) is 5.57 Å². The molecule has 0 spiro atoms. The fourth-order valence-electron chi connectivity index (χ4n) is 2.68. The summed E-state index contributed by atoms with van der Waals surface area (Å²) in [5.41, 5.74) is 2.65. The highest BCUT2D eigenvalue weighted by Gasteiger charge is 2.21. The van der Waals surface area contributed by atoms with Crippen LogP contribution in [0.2, 0.25) is 0 Å². The zero-order chi connectivity index (χ0) is 16.4. The quantitative estimate of drug-likeness (QED) is 0.869. The molecular formula is C18H20FN3O. The first-order valence-corrected chi connectivity index (χ1v) is 7.84. The fourth-order valence-corrected chi connectivity index (χ4v) is 2.68. The Morgan fingerprint density at radius 3 is 2.52 bits per heavy atom. The number of benzene rings is 1. The van der Waals surface area contributed by atoms with E-state index < -0.39 is 0 Å². The summed E-state index contributed by atoms with van der Waals surface area (Å²) in [5.74, 6) is -0.276. The number of amides is 1. The van der Waals surface area contributed by atoms with Crippen LogP contribution < -0.4 is 0 Å². The zero-order valence-corrected chi connectivity index (χ0v) is 13.4. The lowest BCUT2D eigenvalue weighted by molar-refractivity contribution is 0.0766. The monoisotopic (exact) mass is 313 g/mol. The maximum atomic E-state index is 13.0. The van der Waals surface area contributed by atoms with Gasteiger partial charge in [0, 0.05) is 25.3 Å². The van der Waals surface area contributed by atoms with Crippen molar-refractivity contribution in [1.29, 1.82) is 0 Å². The summed E-state index contributed by atoms with van der Waals surface area (Å²) in [6.07, 6.45) is 4.64. The van der Waals surface area contributed by atoms with Crippen molar-refractivity contribution in [3.63, 3.8) is 0 Å². The van der Waals surface area contributed by atoms with Crippen LogP contribution in [-0.2, 0) is 0 Å². The lowest BCUT2D eigenvalue weighted by atomic mass is 9.99. The van der Waals surface area contributed by atoms with E-state index >= 15 is 0 Å². The smallest absolute Gasteiger partial charge is 0.274 e. The number of hydrogen-bond acceptors (Lipinski definition) is 2. The molecule has 0 bridgehead atoms. The Hall–Kier alpha value is -2.43. The number of hydrogen-bond donors (Lipinski definition) is 0. The van der Waals surface area contributed by atoms with Gasteiger partial charge in [-0.05, 0) is 49.6 Å². The normalized spacial score (nSPS) is 15.0. The summed E-state index contributed by atoms with van der Waals surface area (Å²) >= 11 is 0. The molecule has 0 N–H and O–H groups in total. The Morgan fingerprint density at radius 1 is 1.22 bits per heavy atom. The molecule has 23 heavy (non-hydrogen) atoms. The lowest BCUT2D eigenvalue weighted by Gasteiger charge is -2.26. The van der Waals surface area contributed by atoms with E-state index in [9.17, 15) is 9.18 Å². The van der Waals surface area contributed by atoms with E-state index in [1.165, 1.54) is 12.1 Å². The molecule has 0 radical (unpaired) electrons. The molecular weight excluding hydrogens is 293 g/mol. The van der Waals surface area contributed by atoms with Crippen molar-refractivity contribution in [1.82, 2.24) is 14.7 Å². The molecule has 5 heteroatoms. The minimum atomic E-state index is -0.234. The second-order valence-electron chi connectivity index (χ2n) is 6.01. The molecule has 0 atom stereocenters. The Balaban J connectivity index is 1.69. The molecule has 0 saturated heterocycles. The van der Waals surface area contributed by atoms with Crippen LogP contribution >= 0.6 is 0 Å². The summed E-state index contributed by atoms with van der Waals surface area (Å²) in [7, 11) is 0. The fraction of sp³-hybridized carbons (Fsp3) is 0.333. The third-order valence-electron chi connectivity index (χ3n) is 4.07. The highest BCUT2D eigenvalue weighted by molar-refractivity contribution is 5.92. The number of carbonyl (C=O) groups is 1.